The van der Waals surface area contributed by atoms with Gasteiger partial charge in [0.1, 0.15) is 0 Å². The van der Waals surface area contributed by atoms with E-state index in [1.807, 2.05) is 12.1 Å². The van der Waals surface area contributed by atoms with Crippen LogP contribution in [0.25, 0.3) is 0 Å². The largest absolute Gasteiger partial charge is 0.399 e. The van der Waals surface area contributed by atoms with E-state index in [0.29, 0.717) is 12.5 Å². The Bertz CT molecular complexity index is 748. The van der Waals surface area contributed by atoms with E-state index >= 15 is 0 Å². The maximum atomic E-state index is 13.5. The maximum absolute atomic E-state index is 13.5. The van der Waals surface area contributed by atoms with Crippen molar-refractivity contribution >= 4 is 11.6 Å². The number of nitrogen functional groups attached to an aromatic ring is 1. The van der Waals surface area contributed by atoms with Crippen molar-refractivity contribution in [2.24, 2.45) is 0 Å². The third-order valence-corrected chi connectivity index (χ3v) is 5.72. The van der Waals surface area contributed by atoms with E-state index in [1.165, 1.54) is 16.7 Å². The quantitative estimate of drug-likeness (QED) is 0.858. The van der Waals surface area contributed by atoms with Gasteiger partial charge in [-0.05, 0) is 48.1 Å². The van der Waals surface area contributed by atoms with Crippen molar-refractivity contribution in [3.63, 3.8) is 0 Å². The highest BCUT2D eigenvalue weighted by Gasteiger charge is 2.45. The Morgan fingerprint density at radius 3 is 2.50 bits per heavy atom. The van der Waals surface area contributed by atoms with Crippen LogP contribution in [0.2, 0.25) is 0 Å². The summed E-state index contributed by atoms with van der Waals surface area (Å²) in [6.07, 6.45) is 5.13. The third-order valence-electron chi connectivity index (χ3n) is 5.72. The first-order valence-electron chi connectivity index (χ1n) is 8.91. The highest BCUT2D eigenvalue weighted by Crippen LogP contribution is 2.43. The second-order valence-electron chi connectivity index (χ2n) is 7.16. The Hall–Kier alpha value is -2.29. The number of fused-ring (bicyclic) bond motifs is 1. The molecule has 2 aromatic rings. The average molecular weight is 320 g/mol. The molecular formula is C21H24N2O. The molecule has 124 valence electrons. The van der Waals surface area contributed by atoms with Gasteiger partial charge in [-0.25, -0.2) is 0 Å². The van der Waals surface area contributed by atoms with Crippen LogP contribution in [0.1, 0.15) is 42.4 Å². The molecule has 0 aromatic heterocycles. The van der Waals surface area contributed by atoms with Crippen LogP contribution in [-0.2, 0) is 23.2 Å². The van der Waals surface area contributed by atoms with E-state index in [2.05, 4.69) is 41.3 Å². The molecule has 0 radical (unpaired) electrons. The molecule has 0 spiro atoms. The van der Waals surface area contributed by atoms with Gasteiger partial charge in [0.2, 0.25) is 5.91 Å². The van der Waals surface area contributed by atoms with Crippen LogP contribution in [0, 0.1) is 0 Å². The predicted octanol–water partition coefficient (Wildman–Crippen LogP) is 3.67. The summed E-state index contributed by atoms with van der Waals surface area (Å²) >= 11 is 0. The molecule has 0 saturated heterocycles. The molecule has 1 amide bonds. The molecule has 3 heteroatoms. The molecule has 3 nitrogen and oxygen atoms in total. The first-order valence-corrected chi connectivity index (χ1v) is 8.91. The molecule has 4 rings (SSSR count). The highest BCUT2D eigenvalue weighted by atomic mass is 16.2. The molecule has 1 aliphatic carbocycles. The van der Waals surface area contributed by atoms with Crippen molar-refractivity contribution < 1.29 is 4.79 Å². The van der Waals surface area contributed by atoms with Crippen molar-refractivity contribution in [3.05, 3.63) is 65.2 Å². The predicted molar refractivity (Wildman–Crippen MR) is 96.6 cm³/mol. The van der Waals surface area contributed by atoms with Crippen LogP contribution in [0.4, 0.5) is 5.69 Å². The molecule has 2 N–H and O–H groups in total. The van der Waals surface area contributed by atoms with E-state index < -0.39 is 0 Å². The van der Waals surface area contributed by atoms with Crippen molar-refractivity contribution in [3.8, 4) is 0 Å². The summed E-state index contributed by atoms with van der Waals surface area (Å²) in [5, 5.41) is 0. The van der Waals surface area contributed by atoms with Gasteiger partial charge in [-0.15, -0.1) is 0 Å². The molecule has 2 aliphatic rings. The van der Waals surface area contributed by atoms with E-state index in [9.17, 15) is 4.79 Å². The lowest BCUT2D eigenvalue weighted by Crippen LogP contribution is -2.47. The molecular weight excluding hydrogens is 296 g/mol. The van der Waals surface area contributed by atoms with E-state index in [0.717, 1.165) is 44.3 Å². The van der Waals surface area contributed by atoms with Crippen molar-refractivity contribution in [2.45, 2.75) is 44.1 Å². The summed E-state index contributed by atoms with van der Waals surface area (Å²) in [7, 11) is 0. The summed E-state index contributed by atoms with van der Waals surface area (Å²) in [5.74, 6) is 0.314. The summed E-state index contributed by atoms with van der Waals surface area (Å²) in [6, 6.07) is 16.5. The van der Waals surface area contributed by atoms with Crippen molar-refractivity contribution in [1.82, 2.24) is 4.90 Å². The number of nitrogens with zero attached hydrogens (tertiary/aromatic N) is 1. The summed E-state index contributed by atoms with van der Waals surface area (Å²) < 4.78 is 0. The van der Waals surface area contributed by atoms with Crippen LogP contribution < -0.4 is 5.73 Å². The molecule has 0 atom stereocenters. The molecule has 1 saturated carbocycles. The van der Waals surface area contributed by atoms with Gasteiger partial charge in [0, 0.05) is 18.8 Å². The molecule has 1 aliphatic heterocycles. The molecule has 0 unspecified atom stereocenters. The minimum atomic E-state index is -0.313. The third kappa shape index (κ3) is 2.48. The lowest BCUT2D eigenvalue weighted by Gasteiger charge is -2.37. The number of carbonyl (C=O) groups excluding carboxylic acids is 1. The molecule has 0 bridgehead atoms. The normalized spacial score (nSPS) is 19.1. The van der Waals surface area contributed by atoms with Gasteiger partial charge in [-0.2, -0.15) is 0 Å². The smallest absolute Gasteiger partial charge is 0.233 e. The lowest BCUT2D eigenvalue weighted by molar-refractivity contribution is -0.138. The summed E-state index contributed by atoms with van der Waals surface area (Å²) in [5.41, 5.74) is 10.1. The standard InChI is InChI=1S/C21H24N2O/c22-19-9-8-17-15-23(13-10-16(17)14-19)20(24)21(11-4-5-12-21)18-6-2-1-3-7-18/h1-3,6-9,14H,4-5,10-13,15,22H2. The van der Waals surface area contributed by atoms with Crippen LogP contribution in [-0.4, -0.2) is 17.4 Å². The van der Waals surface area contributed by atoms with Crippen LogP contribution in [0.3, 0.4) is 0 Å². The van der Waals surface area contributed by atoms with Crippen LogP contribution >= 0.6 is 0 Å². The first kappa shape index (κ1) is 15.3. The minimum absolute atomic E-state index is 0.313. The summed E-state index contributed by atoms with van der Waals surface area (Å²) in [4.78, 5) is 15.6. The second-order valence-corrected chi connectivity index (χ2v) is 7.16. The monoisotopic (exact) mass is 320 g/mol. The maximum Gasteiger partial charge on any atom is 0.233 e. The van der Waals surface area contributed by atoms with Gasteiger partial charge in [-0.1, -0.05) is 49.2 Å². The van der Waals surface area contributed by atoms with Gasteiger partial charge in [0.15, 0.2) is 0 Å². The molecule has 1 fully saturated rings. The van der Waals surface area contributed by atoms with Gasteiger partial charge in [-0.3, -0.25) is 4.79 Å². The Kier molecular flexibility index (Phi) is 3.79. The number of anilines is 1. The van der Waals surface area contributed by atoms with E-state index in [4.69, 9.17) is 5.73 Å². The van der Waals surface area contributed by atoms with Crippen LogP contribution in [0.5, 0.6) is 0 Å². The molecule has 2 aromatic carbocycles. The SMILES string of the molecule is Nc1ccc2c(c1)CCN(C(=O)C1(c3ccccc3)CCCC1)C2. The van der Waals surface area contributed by atoms with E-state index in [-0.39, 0.29) is 5.41 Å². The Morgan fingerprint density at radius 1 is 1.00 bits per heavy atom. The van der Waals surface area contributed by atoms with Gasteiger partial charge in [0.25, 0.3) is 0 Å². The van der Waals surface area contributed by atoms with Gasteiger partial charge in [0.05, 0.1) is 5.41 Å². The van der Waals surface area contributed by atoms with Gasteiger partial charge < -0.3 is 10.6 Å². The number of rotatable bonds is 2. The van der Waals surface area contributed by atoms with Crippen molar-refractivity contribution in [1.29, 1.82) is 0 Å². The average Bonchev–Trinajstić information content (AvgIpc) is 3.12. The number of benzene rings is 2. The highest BCUT2D eigenvalue weighted by molar-refractivity contribution is 5.89. The van der Waals surface area contributed by atoms with E-state index in [1.54, 1.807) is 0 Å². The molecule has 1 heterocycles. The number of hydrogen-bond donors (Lipinski definition) is 1. The fraction of sp³-hybridized carbons (Fsp3) is 0.381. The minimum Gasteiger partial charge on any atom is -0.399 e. The topological polar surface area (TPSA) is 46.3 Å². The Labute approximate surface area is 143 Å². The Balaban J connectivity index is 1.64. The van der Waals surface area contributed by atoms with Crippen LogP contribution in [0.15, 0.2) is 48.5 Å². The fourth-order valence-corrected chi connectivity index (χ4v) is 4.41. The zero-order chi connectivity index (χ0) is 16.6. The summed E-state index contributed by atoms with van der Waals surface area (Å²) in [6.45, 7) is 1.51. The first-order chi connectivity index (χ1) is 11.7. The second kappa shape index (κ2) is 5.97. The van der Waals surface area contributed by atoms with Gasteiger partial charge >= 0.3 is 0 Å². The number of amides is 1. The van der Waals surface area contributed by atoms with Crippen molar-refractivity contribution in [2.75, 3.05) is 12.3 Å². The zero-order valence-corrected chi connectivity index (χ0v) is 14.0. The number of hydrogen-bond acceptors (Lipinski definition) is 2. The lowest BCUT2D eigenvalue weighted by atomic mass is 9.77. The Morgan fingerprint density at radius 2 is 1.75 bits per heavy atom. The zero-order valence-electron chi connectivity index (χ0n) is 14.0. The fourth-order valence-electron chi connectivity index (χ4n) is 4.41. The number of nitrogens with two attached hydrogens (primary N) is 1. The molecule has 24 heavy (non-hydrogen) atoms. The number of carbonyl (C=O) groups is 1.